The lowest BCUT2D eigenvalue weighted by Crippen LogP contribution is -2.45. The molecule has 2 rings (SSSR count). The number of morpholine rings is 1. The van der Waals surface area contributed by atoms with Crippen LogP contribution in [-0.4, -0.2) is 81.9 Å². The van der Waals surface area contributed by atoms with Crippen LogP contribution in [0.3, 0.4) is 0 Å². The van der Waals surface area contributed by atoms with E-state index in [9.17, 15) is 14.7 Å². The quantitative estimate of drug-likeness (QED) is 0.557. The molecule has 1 aliphatic rings. The first-order valence-electron chi connectivity index (χ1n) is 8.79. The summed E-state index contributed by atoms with van der Waals surface area (Å²) in [4.78, 5) is 27.8. The Kier molecular flexibility index (Phi) is 7.83. The zero-order valence-corrected chi connectivity index (χ0v) is 15.4. The van der Waals surface area contributed by atoms with Crippen molar-refractivity contribution < 1.29 is 19.4 Å². The SMILES string of the molecule is CN(C)c1ccc(C(O)CNC(=O)C(=O)NCCN2CCOCC2)cc1. The zero-order chi connectivity index (χ0) is 18.9. The molecule has 0 saturated carbocycles. The van der Waals surface area contributed by atoms with E-state index in [0.717, 1.165) is 18.8 Å². The summed E-state index contributed by atoms with van der Waals surface area (Å²) in [5.41, 5.74) is 1.70. The van der Waals surface area contributed by atoms with Gasteiger partial charge in [0.2, 0.25) is 0 Å². The highest BCUT2D eigenvalue weighted by molar-refractivity contribution is 6.35. The van der Waals surface area contributed by atoms with Crippen LogP contribution < -0.4 is 15.5 Å². The van der Waals surface area contributed by atoms with Gasteiger partial charge in [-0.25, -0.2) is 0 Å². The van der Waals surface area contributed by atoms with Gasteiger partial charge in [0.15, 0.2) is 0 Å². The fraction of sp³-hybridized carbons (Fsp3) is 0.556. The van der Waals surface area contributed by atoms with Crippen LogP contribution >= 0.6 is 0 Å². The van der Waals surface area contributed by atoms with E-state index in [-0.39, 0.29) is 6.54 Å². The third-order valence-corrected chi connectivity index (χ3v) is 4.27. The third-order valence-electron chi connectivity index (χ3n) is 4.27. The largest absolute Gasteiger partial charge is 0.387 e. The second kappa shape index (κ2) is 10.1. The van der Waals surface area contributed by atoms with Gasteiger partial charge in [-0.3, -0.25) is 14.5 Å². The Balaban J connectivity index is 1.68. The fourth-order valence-corrected chi connectivity index (χ4v) is 2.61. The monoisotopic (exact) mass is 364 g/mol. The molecule has 1 aromatic rings. The summed E-state index contributed by atoms with van der Waals surface area (Å²) < 4.78 is 5.26. The van der Waals surface area contributed by atoms with Gasteiger partial charge in [-0.05, 0) is 17.7 Å². The predicted octanol–water partition coefficient (Wildman–Crippen LogP) is -0.649. The lowest BCUT2D eigenvalue weighted by molar-refractivity contribution is -0.139. The van der Waals surface area contributed by atoms with Crippen molar-refractivity contribution >= 4 is 17.5 Å². The molecule has 0 spiro atoms. The van der Waals surface area contributed by atoms with Gasteiger partial charge >= 0.3 is 11.8 Å². The Labute approximate surface area is 154 Å². The van der Waals surface area contributed by atoms with E-state index in [1.54, 1.807) is 12.1 Å². The van der Waals surface area contributed by atoms with E-state index < -0.39 is 17.9 Å². The average Bonchev–Trinajstić information content (AvgIpc) is 2.66. The van der Waals surface area contributed by atoms with E-state index in [4.69, 9.17) is 4.74 Å². The van der Waals surface area contributed by atoms with Crippen LogP contribution in [0.25, 0.3) is 0 Å². The number of amides is 2. The van der Waals surface area contributed by atoms with Gasteiger partial charge in [0.05, 0.1) is 19.3 Å². The Morgan fingerprint density at radius 1 is 1.15 bits per heavy atom. The number of hydrogen-bond acceptors (Lipinski definition) is 6. The molecule has 1 atom stereocenters. The third kappa shape index (κ3) is 6.29. The molecule has 26 heavy (non-hydrogen) atoms. The van der Waals surface area contributed by atoms with E-state index in [2.05, 4.69) is 15.5 Å². The smallest absolute Gasteiger partial charge is 0.309 e. The van der Waals surface area contributed by atoms with Crippen LogP contribution in [0.4, 0.5) is 5.69 Å². The lowest BCUT2D eigenvalue weighted by Gasteiger charge is -2.26. The van der Waals surface area contributed by atoms with Crippen LogP contribution in [0.5, 0.6) is 0 Å². The highest BCUT2D eigenvalue weighted by atomic mass is 16.5. The number of ether oxygens (including phenoxy) is 1. The molecule has 0 aliphatic carbocycles. The molecule has 1 aromatic carbocycles. The van der Waals surface area contributed by atoms with Crippen LogP contribution in [0, 0.1) is 0 Å². The number of benzene rings is 1. The van der Waals surface area contributed by atoms with Gasteiger partial charge in [-0.2, -0.15) is 0 Å². The number of nitrogens with zero attached hydrogens (tertiary/aromatic N) is 2. The van der Waals surface area contributed by atoms with Gasteiger partial charge in [-0.15, -0.1) is 0 Å². The minimum Gasteiger partial charge on any atom is -0.387 e. The number of carbonyl (C=O) groups excluding carboxylic acids is 2. The summed E-state index contributed by atoms with van der Waals surface area (Å²) in [7, 11) is 3.87. The number of aliphatic hydroxyl groups is 1. The molecule has 8 heteroatoms. The Bertz CT molecular complexity index is 585. The number of hydrogen-bond donors (Lipinski definition) is 3. The summed E-state index contributed by atoms with van der Waals surface area (Å²) in [5, 5.41) is 15.2. The topological polar surface area (TPSA) is 94.1 Å². The first-order chi connectivity index (χ1) is 12.5. The van der Waals surface area contributed by atoms with Crippen molar-refractivity contribution in [2.45, 2.75) is 6.10 Å². The van der Waals surface area contributed by atoms with Gasteiger partial charge in [-0.1, -0.05) is 12.1 Å². The van der Waals surface area contributed by atoms with Gasteiger partial charge in [0, 0.05) is 52.5 Å². The lowest BCUT2D eigenvalue weighted by atomic mass is 10.1. The Morgan fingerprint density at radius 2 is 1.77 bits per heavy atom. The molecule has 1 fully saturated rings. The highest BCUT2D eigenvalue weighted by Gasteiger charge is 2.16. The van der Waals surface area contributed by atoms with Crippen molar-refractivity contribution in [2.24, 2.45) is 0 Å². The Morgan fingerprint density at radius 3 is 2.38 bits per heavy atom. The number of aliphatic hydroxyl groups excluding tert-OH is 1. The zero-order valence-electron chi connectivity index (χ0n) is 15.4. The van der Waals surface area contributed by atoms with E-state index in [0.29, 0.717) is 31.9 Å². The predicted molar refractivity (Wildman–Crippen MR) is 99.0 cm³/mol. The van der Waals surface area contributed by atoms with E-state index in [1.807, 2.05) is 31.1 Å². The van der Waals surface area contributed by atoms with Crippen molar-refractivity contribution in [1.29, 1.82) is 0 Å². The highest BCUT2D eigenvalue weighted by Crippen LogP contribution is 2.17. The molecule has 0 bridgehead atoms. The fourth-order valence-electron chi connectivity index (χ4n) is 2.61. The van der Waals surface area contributed by atoms with Crippen molar-refractivity contribution in [3.8, 4) is 0 Å². The molecule has 1 saturated heterocycles. The molecule has 1 aliphatic heterocycles. The summed E-state index contributed by atoms with van der Waals surface area (Å²) in [5.74, 6) is -1.43. The molecule has 1 unspecified atom stereocenters. The van der Waals surface area contributed by atoms with Crippen LogP contribution in [-0.2, 0) is 14.3 Å². The molecule has 0 aromatic heterocycles. The van der Waals surface area contributed by atoms with Crippen molar-refractivity contribution in [3.63, 3.8) is 0 Å². The summed E-state index contributed by atoms with van der Waals surface area (Å²) in [6, 6.07) is 7.38. The van der Waals surface area contributed by atoms with Crippen molar-refractivity contribution in [2.75, 3.05) is 64.9 Å². The van der Waals surface area contributed by atoms with Crippen LogP contribution in [0.1, 0.15) is 11.7 Å². The maximum Gasteiger partial charge on any atom is 0.309 e. The average molecular weight is 364 g/mol. The molecular formula is C18H28N4O4. The Hall–Kier alpha value is -2.16. The van der Waals surface area contributed by atoms with Crippen molar-refractivity contribution in [3.05, 3.63) is 29.8 Å². The van der Waals surface area contributed by atoms with Gasteiger partial charge < -0.3 is 25.4 Å². The molecule has 2 amide bonds. The first kappa shape index (κ1) is 20.2. The second-order valence-electron chi connectivity index (χ2n) is 6.42. The summed E-state index contributed by atoms with van der Waals surface area (Å²) >= 11 is 0. The minimum absolute atomic E-state index is 0.0168. The van der Waals surface area contributed by atoms with Crippen molar-refractivity contribution in [1.82, 2.24) is 15.5 Å². The number of anilines is 1. The normalized spacial score (nSPS) is 16.0. The summed E-state index contributed by atoms with van der Waals surface area (Å²) in [6.07, 6.45) is -0.865. The van der Waals surface area contributed by atoms with E-state index >= 15 is 0 Å². The molecule has 1 heterocycles. The first-order valence-corrected chi connectivity index (χ1v) is 8.79. The molecule has 8 nitrogen and oxygen atoms in total. The number of nitrogens with one attached hydrogen (secondary N) is 2. The minimum atomic E-state index is -0.865. The molecule has 144 valence electrons. The standard InChI is InChI=1S/C18H28N4O4/c1-21(2)15-5-3-14(4-6-15)16(23)13-20-18(25)17(24)19-7-8-22-9-11-26-12-10-22/h3-6,16,23H,7-13H2,1-2H3,(H,19,24)(H,20,25). The van der Waals surface area contributed by atoms with Gasteiger partial charge in [0.25, 0.3) is 0 Å². The second-order valence-corrected chi connectivity index (χ2v) is 6.42. The maximum atomic E-state index is 11.8. The molecular weight excluding hydrogens is 336 g/mol. The van der Waals surface area contributed by atoms with Crippen LogP contribution in [0.15, 0.2) is 24.3 Å². The van der Waals surface area contributed by atoms with Gasteiger partial charge in [0.1, 0.15) is 0 Å². The number of carbonyl (C=O) groups is 2. The molecule has 0 radical (unpaired) electrons. The maximum absolute atomic E-state index is 11.8. The molecule has 3 N–H and O–H groups in total. The number of rotatable bonds is 7. The van der Waals surface area contributed by atoms with E-state index in [1.165, 1.54) is 0 Å². The summed E-state index contributed by atoms with van der Waals surface area (Å²) in [6.45, 7) is 4.13. The van der Waals surface area contributed by atoms with Crippen LogP contribution in [0.2, 0.25) is 0 Å².